The van der Waals surface area contributed by atoms with Crippen molar-refractivity contribution >= 4 is 33.0 Å². The number of azo groups is 1. The third-order valence-electron chi connectivity index (χ3n) is 6.89. The molecule has 1 saturated heterocycles. The number of nitrogens with one attached hydrogen (secondary N) is 1. The van der Waals surface area contributed by atoms with Crippen molar-refractivity contribution < 1.29 is 8.42 Å². The first-order valence-electron chi connectivity index (χ1n) is 12.7. The molecular weight excluding hydrogens is 498 g/mol. The van der Waals surface area contributed by atoms with Crippen molar-refractivity contribution in [3.05, 3.63) is 71.6 Å². The molecule has 0 radical (unpaired) electrons. The van der Waals surface area contributed by atoms with Gasteiger partial charge in [0.2, 0.25) is 0 Å². The molecule has 2 heterocycles. The van der Waals surface area contributed by atoms with Crippen molar-refractivity contribution in [3.8, 4) is 6.07 Å². The highest BCUT2D eigenvalue weighted by molar-refractivity contribution is 7.92. The smallest absolute Gasteiger partial charge is 0.261 e. The summed E-state index contributed by atoms with van der Waals surface area (Å²) in [5.41, 5.74) is 3.63. The number of anilines is 2. The Bertz CT molecular complexity index is 1490. The summed E-state index contributed by atoms with van der Waals surface area (Å²) in [6.45, 7) is 7.72. The maximum absolute atomic E-state index is 13.4. The van der Waals surface area contributed by atoms with Crippen molar-refractivity contribution in [1.29, 1.82) is 5.26 Å². The van der Waals surface area contributed by atoms with Crippen molar-refractivity contribution in [2.45, 2.75) is 50.8 Å². The third kappa shape index (κ3) is 5.94. The van der Waals surface area contributed by atoms with Gasteiger partial charge in [-0.3, -0.25) is 4.72 Å². The normalized spacial score (nSPS) is 14.9. The van der Waals surface area contributed by atoms with Gasteiger partial charge in [0.25, 0.3) is 16.0 Å². The molecule has 4 rings (SSSR count). The van der Waals surface area contributed by atoms with Gasteiger partial charge in [-0.1, -0.05) is 31.2 Å². The molecule has 10 heteroatoms. The van der Waals surface area contributed by atoms with Crippen LogP contribution in [0.4, 0.5) is 23.0 Å². The number of allylic oxidation sites excluding steroid dienone is 2. The molecule has 2 aromatic carbocycles. The van der Waals surface area contributed by atoms with Gasteiger partial charge in [-0.25, -0.2) is 8.42 Å². The number of rotatable bonds is 9. The van der Waals surface area contributed by atoms with E-state index >= 15 is 0 Å². The first kappa shape index (κ1) is 27.1. The van der Waals surface area contributed by atoms with E-state index in [0.717, 1.165) is 43.6 Å². The lowest BCUT2D eigenvalue weighted by molar-refractivity contribution is 0.601. The maximum atomic E-state index is 13.4. The van der Waals surface area contributed by atoms with Crippen LogP contribution in [0.5, 0.6) is 0 Å². The van der Waals surface area contributed by atoms with Crippen LogP contribution in [-0.4, -0.2) is 31.1 Å². The Morgan fingerprint density at radius 1 is 1.16 bits per heavy atom. The highest BCUT2D eigenvalue weighted by atomic mass is 32.2. The van der Waals surface area contributed by atoms with Crippen molar-refractivity contribution in [2.24, 2.45) is 17.3 Å². The van der Waals surface area contributed by atoms with E-state index < -0.39 is 10.0 Å². The third-order valence-corrected chi connectivity index (χ3v) is 8.27. The topological polar surface area (TPSA) is 116 Å². The zero-order valence-corrected chi connectivity index (χ0v) is 23.0. The van der Waals surface area contributed by atoms with E-state index in [2.05, 4.69) is 37.8 Å². The van der Waals surface area contributed by atoms with E-state index in [-0.39, 0.29) is 22.5 Å². The molecule has 1 fully saturated rings. The Labute approximate surface area is 224 Å². The van der Waals surface area contributed by atoms with Crippen LogP contribution in [0.2, 0.25) is 0 Å². The summed E-state index contributed by atoms with van der Waals surface area (Å²) in [6.07, 6.45) is 7.21. The molecular formula is C28H33N7O2S. The Morgan fingerprint density at radius 3 is 2.50 bits per heavy atom. The Morgan fingerprint density at radius 2 is 1.87 bits per heavy atom. The number of nitrogens with zero attached hydrogens (tertiary/aromatic N) is 6. The fourth-order valence-electron chi connectivity index (χ4n) is 4.38. The van der Waals surface area contributed by atoms with Crippen LogP contribution in [-0.2, 0) is 17.1 Å². The second-order valence-corrected chi connectivity index (χ2v) is 11.2. The van der Waals surface area contributed by atoms with E-state index in [4.69, 9.17) is 0 Å². The first-order chi connectivity index (χ1) is 18.2. The lowest BCUT2D eigenvalue weighted by Gasteiger charge is -2.19. The number of hydrogen-bond acceptors (Lipinski definition) is 7. The summed E-state index contributed by atoms with van der Waals surface area (Å²) in [5.74, 6) is 0.551. The van der Waals surface area contributed by atoms with Crippen LogP contribution in [0.15, 0.2) is 69.7 Å². The van der Waals surface area contributed by atoms with Crippen LogP contribution < -0.4 is 9.62 Å². The zero-order chi connectivity index (χ0) is 27.3. The van der Waals surface area contributed by atoms with Gasteiger partial charge in [-0.15, -0.1) is 10.2 Å². The number of sulfonamides is 1. The molecule has 38 heavy (non-hydrogen) atoms. The molecule has 1 aliphatic rings. The monoisotopic (exact) mass is 531 g/mol. The average molecular weight is 532 g/mol. The first-order valence-corrected chi connectivity index (χ1v) is 14.2. The lowest BCUT2D eigenvalue weighted by Crippen LogP contribution is -2.18. The SMILES string of the molecule is C/C=C\CC(C)c1ccc(S(=O)(=O)Nc2cc(N3CCCC3)ccc2N=Nc2nc(C#N)c(C)n2C)cc1. The summed E-state index contributed by atoms with van der Waals surface area (Å²) in [4.78, 5) is 6.60. The van der Waals surface area contributed by atoms with Crippen LogP contribution in [0, 0.1) is 18.3 Å². The van der Waals surface area contributed by atoms with E-state index in [9.17, 15) is 13.7 Å². The van der Waals surface area contributed by atoms with Crippen molar-refractivity contribution in [1.82, 2.24) is 9.55 Å². The minimum absolute atomic E-state index is 0.173. The molecule has 1 atom stereocenters. The van der Waals surface area contributed by atoms with Crippen LogP contribution in [0.1, 0.15) is 56.0 Å². The molecule has 9 nitrogen and oxygen atoms in total. The van der Waals surface area contributed by atoms with Crippen molar-refractivity contribution in [2.75, 3.05) is 22.7 Å². The summed E-state index contributed by atoms with van der Waals surface area (Å²) in [6, 6.07) is 14.5. The molecule has 1 aromatic heterocycles. The van der Waals surface area contributed by atoms with E-state index in [0.29, 0.717) is 17.1 Å². The molecule has 0 bridgehead atoms. The molecule has 0 spiro atoms. The molecule has 3 aromatic rings. The Hall–Kier alpha value is -3.97. The molecule has 198 valence electrons. The van der Waals surface area contributed by atoms with Gasteiger partial charge in [0.05, 0.1) is 16.3 Å². The van der Waals surface area contributed by atoms with E-state index in [1.54, 1.807) is 42.8 Å². The summed E-state index contributed by atoms with van der Waals surface area (Å²) < 4.78 is 31.2. The second-order valence-electron chi connectivity index (χ2n) is 9.49. The number of imidazole rings is 1. The predicted molar refractivity (Wildman–Crippen MR) is 150 cm³/mol. The molecule has 0 aliphatic carbocycles. The molecule has 1 N–H and O–H groups in total. The summed E-state index contributed by atoms with van der Waals surface area (Å²) in [7, 11) is -2.13. The standard InChI is InChI=1S/C28H33N7O2S/c1-5-6-9-20(2)22-10-13-24(14-11-22)38(36,37)33-26-18-23(35-16-7-8-17-35)12-15-25(26)31-32-28-30-27(19-29)21(3)34(28)4/h5-6,10-15,18,20,33H,7-9,16-17H2,1-4H3/b6-5-,32-31?. The number of aromatic nitrogens is 2. The summed E-state index contributed by atoms with van der Waals surface area (Å²) in [5, 5.41) is 17.8. The lowest BCUT2D eigenvalue weighted by atomic mass is 9.98. The molecule has 0 saturated carbocycles. The predicted octanol–water partition coefficient (Wildman–Crippen LogP) is 6.49. The average Bonchev–Trinajstić information content (AvgIpc) is 3.55. The minimum atomic E-state index is -3.88. The van der Waals surface area contributed by atoms with Gasteiger partial charge in [0.15, 0.2) is 5.69 Å². The van der Waals surface area contributed by atoms with Gasteiger partial charge in [-0.2, -0.15) is 10.2 Å². The highest BCUT2D eigenvalue weighted by Crippen LogP contribution is 2.34. The fraction of sp³-hybridized carbons (Fsp3) is 0.357. The zero-order valence-electron chi connectivity index (χ0n) is 22.2. The largest absolute Gasteiger partial charge is 0.371 e. The van der Waals surface area contributed by atoms with E-state index in [1.807, 2.05) is 37.3 Å². The van der Waals surface area contributed by atoms with Crippen LogP contribution >= 0.6 is 0 Å². The van der Waals surface area contributed by atoms with Crippen LogP contribution in [0.3, 0.4) is 0 Å². The van der Waals surface area contributed by atoms with Gasteiger partial charge >= 0.3 is 0 Å². The van der Waals surface area contributed by atoms with Gasteiger partial charge in [0.1, 0.15) is 11.8 Å². The van der Waals surface area contributed by atoms with Gasteiger partial charge in [-0.05, 0) is 74.9 Å². The number of benzene rings is 2. The number of nitriles is 1. The molecule has 1 unspecified atom stereocenters. The van der Waals surface area contributed by atoms with E-state index in [1.165, 1.54) is 0 Å². The fourth-order valence-corrected chi connectivity index (χ4v) is 5.44. The van der Waals surface area contributed by atoms with Crippen LogP contribution in [0.25, 0.3) is 0 Å². The Kier molecular flexibility index (Phi) is 8.27. The van der Waals surface area contributed by atoms with Gasteiger partial charge < -0.3 is 9.47 Å². The Balaban J connectivity index is 1.66. The molecule has 0 amide bonds. The maximum Gasteiger partial charge on any atom is 0.261 e. The minimum Gasteiger partial charge on any atom is -0.371 e. The van der Waals surface area contributed by atoms with Crippen molar-refractivity contribution in [3.63, 3.8) is 0 Å². The van der Waals surface area contributed by atoms with Gasteiger partial charge in [0, 0.05) is 25.8 Å². The summed E-state index contributed by atoms with van der Waals surface area (Å²) >= 11 is 0. The quantitative estimate of drug-likeness (QED) is 0.250. The highest BCUT2D eigenvalue weighted by Gasteiger charge is 2.20. The number of hydrogen-bond donors (Lipinski definition) is 1. The second kappa shape index (κ2) is 11.6. The molecule has 1 aliphatic heterocycles.